The molecule has 0 amide bonds. The molecule has 1 aromatic carbocycles. The Morgan fingerprint density at radius 3 is 2.95 bits per heavy atom. The fourth-order valence-electron chi connectivity index (χ4n) is 1.93. The summed E-state index contributed by atoms with van der Waals surface area (Å²) in [5.41, 5.74) is 1.14. The minimum Gasteiger partial charge on any atom is -0.476 e. The molecule has 0 radical (unpaired) electrons. The van der Waals surface area contributed by atoms with Gasteiger partial charge in [0.05, 0.1) is 28.9 Å². The summed E-state index contributed by atoms with van der Waals surface area (Å²) in [6.07, 6.45) is 1.60. The van der Waals surface area contributed by atoms with E-state index in [0.717, 1.165) is 16.7 Å². The average Bonchev–Trinajstić information content (AvgIpc) is 3.06. The Morgan fingerprint density at radius 2 is 2.29 bits per heavy atom. The number of aromatic carboxylic acids is 1. The van der Waals surface area contributed by atoms with Crippen LogP contribution in [0.15, 0.2) is 29.8 Å². The number of hydrogen-bond acceptors (Lipinski definition) is 6. The predicted molar refractivity (Wildman–Crippen MR) is 74.6 cm³/mol. The quantitative estimate of drug-likeness (QED) is 0.584. The number of thiazole rings is 1. The van der Waals surface area contributed by atoms with Crippen molar-refractivity contribution in [1.29, 1.82) is 0 Å². The van der Waals surface area contributed by atoms with Crippen LogP contribution in [-0.2, 0) is 6.54 Å². The third-order valence-corrected chi connectivity index (χ3v) is 3.76. The fraction of sp³-hybridized carbons (Fsp3) is 0.0833. The summed E-state index contributed by atoms with van der Waals surface area (Å²) in [6.45, 7) is 0.258. The van der Waals surface area contributed by atoms with E-state index in [4.69, 9.17) is 5.11 Å². The summed E-state index contributed by atoms with van der Waals surface area (Å²) in [5.74, 6) is -1.08. The number of carboxylic acid groups (broad SMARTS) is 1. The van der Waals surface area contributed by atoms with Crippen molar-refractivity contribution in [3.8, 4) is 0 Å². The number of non-ortho nitro benzene ring substituents is 1. The third kappa shape index (κ3) is 2.46. The second-order valence-corrected chi connectivity index (χ2v) is 5.11. The highest BCUT2D eigenvalue weighted by Crippen LogP contribution is 2.21. The zero-order valence-electron chi connectivity index (χ0n) is 10.5. The average molecular weight is 304 g/mol. The summed E-state index contributed by atoms with van der Waals surface area (Å²) >= 11 is 1.03. The largest absolute Gasteiger partial charge is 0.476 e. The lowest BCUT2D eigenvalue weighted by Crippen LogP contribution is -2.03. The van der Waals surface area contributed by atoms with Gasteiger partial charge in [0.1, 0.15) is 0 Å². The van der Waals surface area contributed by atoms with Crippen LogP contribution >= 0.6 is 11.3 Å². The van der Waals surface area contributed by atoms with Crippen LogP contribution in [-0.4, -0.2) is 30.8 Å². The Morgan fingerprint density at radius 1 is 1.48 bits per heavy atom. The van der Waals surface area contributed by atoms with E-state index in [1.165, 1.54) is 12.1 Å². The van der Waals surface area contributed by atoms with Gasteiger partial charge in [0.25, 0.3) is 5.69 Å². The molecule has 0 aliphatic carbocycles. The van der Waals surface area contributed by atoms with Gasteiger partial charge in [-0.2, -0.15) is 5.10 Å². The van der Waals surface area contributed by atoms with Crippen molar-refractivity contribution >= 4 is 33.9 Å². The van der Waals surface area contributed by atoms with E-state index in [1.54, 1.807) is 22.3 Å². The van der Waals surface area contributed by atoms with Gasteiger partial charge in [-0.1, -0.05) is 0 Å². The molecule has 8 nitrogen and oxygen atoms in total. The molecule has 106 valence electrons. The lowest BCUT2D eigenvalue weighted by Gasteiger charge is -2.00. The van der Waals surface area contributed by atoms with Crippen molar-refractivity contribution in [3.05, 3.63) is 50.6 Å². The van der Waals surface area contributed by atoms with Crippen molar-refractivity contribution in [2.24, 2.45) is 0 Å². The molecule has 0 spiro atoms. The smallest absolute Gasteiger partial charge is 0.365 e. The standard InChI is InChI=1S/C12H8N4O4S/c17-12(18)11-14-8(6-21-11)5-15-10-3-9(16(19)20)2-1-7(10)4-13-15/h1-4,6H,5H2,(H,17,18). The maximum absolute atomic E-state index is 10.8. The van der Waals surface area contributed by atoms with Crippen LogP contribution in [0.5, 0.6) is 0 Å². The Balaban J connectivity index is 1.97. The molecule has 0 aliphatic rings. The number of fused-ring (bicyclic) bond motifs is 1. The van der Waals surface area contributed by atoms with E-state index in [0.29, 0.717) is 11.2 Å². The molecule has 0 saturated heterocycles. The van der Waals surface area contributed by atoms with Gasteiger partial charge in [-0.3, -0.25) is 14.8 Å². The molecule has 21 heavy (non-hydrogen) atoms. The highest BCUT2D eigenvalue weighted by molar-refractivity contribution is 7.11. The third-order valence-electron chi connectivity index (χ3n) is 2.89. The zero-order chi connectivity index (χ0) is 15.0. The number of rotatable bonds is 4. The normalized spacial score (nSPS) is 10.9. The molecule has 0 bridgehead atoms. The SMILES string of the molecule is O=C(O)c1nc(Cn2ncc3ccc([N+](=O)[O-])cc32)cs1. The number of benzene rings is 1. The molecule has 0 saturated carbocycles. The van der Waals surface area contributed by atoms with Gasteiger partial charge >= 0.3 is 5.97 Å². The first-order valence-electron chi connectivity index (χ1n) is 5.82. The lowest BCUT2D eigenvalue weighted by molar-refractivity contribution is -0.384. The van der Waals surface area contributed by atoms with E-state index in [2.05, 4.69) is 10.1 Å². The topological polar surface area (TPSA) is 111 Å². The first-order valence-corrected chi connectivity index (χ1v) is 6.70. The van der Waals surface area contributed by atoms with E-state index in [9.17, 15) is 14.9 Å². The second-order valence-electron chi connectivity index (χ2n) is 4.25. The molecule has 0 unspecified atom stereocenters. The lowest BCUT2D eigenvalue weighted by atomic mass is 10.2. The van der Waals surface area contributed by atoms with E-state index >= 15 is 0 Å². The number of aromatic nitrogens is 3. The highest BCUT2D eigenvalue weighted by atomic mass is 32.1. The van der Waals surface area contributed by atoms with E-state index < -0.39 is 10.9 Å². The molecule has 0 fully saturated rings. The molecule has 2 heterocycles. The molecular weight excluding hydrogens is 296 g/mol. The summed E-state index contributed by atoms with van der Waals surface area (Å²) in [5, 5.41) is 26.2. The van der Waals surface area contributed by atoms with Gasteiger partial charge in [-0.15, -0.1) is 11.3 Å². The van der Waals surface area contributed by atoms with Crippen LogP contribution < -0.4 is 0 Å². The number of carboxylic acids is 1. The minimum atomic E-state index is -1.08. The summed E-state index contributed by atoms with van der Waals surface area (Å²) < 4.78 is 1.56. The van der Waals surface area contributed by atoms with Gasteiger partial charge in [0.15, 0.2) is 0 Å². The molecule has 2 aromatic heterocycles. The van der Waals surface area contributed by atoms with Gasteiger partial charge < -0.3 is 5.11 Å². The highest BCUT2D eigenvalue weighted by Gasteiger charge is 2.13. The van der Waals surface area contributed by atoms with Gasteiger partial charge in [-0.25, -0.2) is 9.78 Å². The number of nitro benzene ring substituents is 1. The van der Waals surface area contributed by atoms with Crippen molar-refractivity contribution in [2.45, 2.75) is 6.54 Å². The molecular formula is C12H8N4O4S. The monoisotopic (exact) mass is 304 g/mol. The molecule has 9 heteroatoms. The first kappa shape index (κ1) is 13.2. The summed E-state index contributed by atoms with van der Waals surface area (Å²) in [6, 6.07) is 4.48. The number of nitro groups is 1. The van der Waals surface area contributed by atoms with Gasteiger partial charge in [0.2, 0.25) is 5.01 Å². The summed E-state index contributed by atoms with van der Waals surface area (Å²) in [7, 11) is 0. The molecule has 0 atom stereocenters. The minimum absolute atomic E-state index is 0.00689. The molecule has 3 rings (SSSR count). The van der Waals surface area contributed by atoms with Crippen LogP contribution in [0.4, 0.5) is 5.69 Å². The number of nitrogens with zero attached hydrogens (tertiary/aromatic N) is 4. The first-order chi connectivity index (χ1) is 10.0. The van der Waals surface area contributed by atoms with Crippen molar-refractivity contribution in [3.63, 3.8) is 0 Å². The Kier molecular flexibility index (Phi) is 3.10. The van der Waals surface area contributed by atoms with E-state index in [-0.39, 0.29) is 17.2 Å². The van der Waals surface area contributed by atoms with Crippen LogP contribution in [0.1, 0.15) is 15.5 Å². The maximum Gasteiger partial charge on any atom is 0.365 e. The number of hydrogen-bond donors (Lipinski definition) is 1. The Hall–Kier alpha value is -2.81. The Labute approximate surface area is 121 Å². The number of carbonyl (C=O) groups is 1. The Bertz CT molecular complexity index is 854. The van der Waals surface area contributed by atoms with Gasteiger partial charge in [-0.05, 0) is 6.07 Å². The van der Waals surface area contributed by atoms with Crippen molar-refractivity contribution in [1.82, 2.24) is 14.8 Å². The fourth-order valence-corrected chi connectivity index (χ4v) is 2.58. The van der Waals surface area contributed by atoms with Crippen molar-refractivity contribution < 1.29 is 14.8 Å². The van der Waals surface area contributed by atoms with Gasteiger partial charge in [0, 0.05) is 22.9 Å². The van der Waals surface area contributed by atoms with Crippen LogP contribution in [0.25, 0.3) is 10.9 Å². The van der Waals surface area contributed by atoms with Crippen molar-refractivity contribution in [2.75, 3.05) is 0 Å². The molecule has 0 aliphatic heterocycles. The summed E-state index contributed by atoms with van der Waals surface area (Å²) in [4.78, 5) is 25.1. The second kappa shape index (κ2) is 4.94. The maximum atomic E-state index is 10.8. The van der Waals surface area contributed by atoms with Crippen LogP contribution in [0, 0.1) is 10.1 Å². The van der Waals surface area contributed by atoms with Crippen LogP contribution in [0.3, 0.4) is 0 Å². The molecule has 1 N–H and O–H groups in total. The molecule has 3 aromatic rings. The van der Waals surface area contributed by atoms with Crippen LogP contribution in [0.2, 0.25) is 0 Å². The van der Waals surface area contributed by atoms with E-state index in [1.807, 2.05) is 0 Å². The predicted octanol–water partition coefficient (Wildman–Crippen LogP) is 2.15. The zero-order valence-corrected chi connectivity index (χ0v) is 11.3.